The summed E-state index contributed by atoms with van der Waals surface area (Å²) in [6, 6.07) is 12.7. The van der Waals surface area contributed by atoms with Crippen molar-refractivity contribution in [3.63, 3.8) is 0 Å². The van der Waals surface area contributed by atoms with Crippen molar-refractivity contribution in [3.8, 4) is 17.2 Å². The molecule has 0 aliphatic heterocycles. The van der Waals surface area contributed by atoms with Crippen molar-refractivity contribution >= 4 is 11.9 Å². The van der Waals surface area contributed by atoms with Crippen molar-refractivity contribution in [2.45, 2.75) is 13.3 Å². The zero-order chi connectivity index (χ0) is 17.4. The Balaban J connectivity index is 2.13. The van der Waals surface area contributed by atoms with Crippen molar-refractivity contribution < 1.29 is 19.0 Å². The van der Waals surface area contributed by atoms with Crippen LogP contribution < -0.4 is 14.2 Å². The third-order valence-corrected chi connectivity index (χ3v) is 3.46. The Morgan fingerprint density at radius 1 is 1.04 bits per heavy atom. The average Bonchev–Trinajstić information content (AvgIpc) is 2.64. The van der Waals surface area contributed by atoms with E-state index in [9.17, 15) is 4.79 Å². The Kier molecular flexibility index (Phi) is 6.43. The summed E-state index contributed by atoms with van der Waals surface area (Å²) in [5.41, 5.74) is 1.39. The van der Waals surface area contributed by atoms with Crippen LogP contribution in [0.1, 0.15) is 29.3 Å². The highest BCUT2D eigenvalue weighted by Gasteiger charge is 2.08. The molecule has 0 bridgehead atoms. The highest BCUT2D eigenvalue weighted by Crippen LogP contribution is 2.31. The minimum Gasteiger partial charge on any atom is -0.494 e. The molecule has 0 saturated carbocycles. The number of hydrogen-bond acceptors (Lipinski definition) is 4. The van der Waals surface area contributed by atoms with E-state index in [2.05, 4.69) is 6.92 Å². The van der Waals surface area contributed by atoms with E-state index in [-0.39, 0.29) is 5.78 Å². The summed E-state index contributed by atoms with van der Waals surface area (Å²) in [4.78, 5) is 12.3. The van der Waals surface area contributed by atoms with Crippen molar-refractivity contribution in [1.82, 2.24) is 0 Å². The average molecular weight is 326 g/mol. The molecule has 0 unspecified atom stereocenters. The number of ketones is 1. The Bertz CT molecular complexity index is 702. The van der Waals surface area contributed by atoms with Crippen LogP contribution in [0, 0.1) is 0 Å². The Morgan fingerprint density at radius 2 is 1.79 bits per heavy atom. The zero-order valence-electron chi connectivity index (χ0n) is 14.2. The van der Waals surface area contributed by atoms with E-state index >= 15 is 0 Å². The molecule has 0 saturated heterocycles. The highest BCUT2D eigenvalue weighted by molar-refractivity contribution is 6.07. The molecule has 0 N–H and O–H groups in total. The van der Waals surface area contributed by atoms with E-state index < -0.39 is 0 Å². The lowest BCUT2D eigenvalue weighted by atomic mass is 10.1. The summed E-state index contributed by atoms with van der Waals surface area (Å²) in [7, 11) is 3.16. The first-order valence-electron chi connectivity index (χ1n) is 7.85. The normalized spacial score (nSPS) is 10.6. The van der Waals surface area contributed by atoms with Crippen molar-refractivity contribution in [1.29, 1.82) is 0 Å². The quantitative estimate of drug-likeness (QED) is 0.533. The predicted octanol–water partition coefficient (Wildman–Crippen LogP) is 4.39. The molecule has 2 aromatic rings. The summed E-state index contributed by atoms with van der Waals surface area (Å²) >= 11 is 0. The van der Waals surface area contributed by atoms with E-state index in [0.717, 1.165) is 17.7 Å². The van der Waals surface area contributed by atoms with Gasteiger partial charge < -0.3 is 14.2 Å². The molecule has 0 amide bonds. The summed E-state index contributed by atoms with van der Waals surface area (Å²) in [5.74, 6) is 1.92. The molecule has 126 valence electrons. The largest absolute Gasteiger partial charge is 0.494 e. The molecule has 4 nitrogen and oxygen atoms in total. The van der Waals surface area contributed by atoms with Gasteiger partial charge in [-0.15, -0.1) is 0 Å². The van der Waals surface area contributed by atoms with Crippen LogP contribution in [0.15, 0.2) is 48.5 Å². The molecule has 0 atom stereocenters. The third kappa shape index (κ3) is 4.38. The van der Waals surface area contributed by atoms with Crippen molar-refractivity contribution in [2.75, 3.05) is 20.8 Å². The van der Waals surface area contributed by atoms with E-state index in [1.165, 1.54) is 6.08 Å². The number of methoxy groups -OCH3 is 2. The maximum Gasteiger partial charge on any atom is 0.185 e. The van der Waals surface area contributed by atoms with Gasteiger partial charge in [0, 0.05) is 11.1 Å². The monoisotopic (exact) mass is 326 g/mol. The van der Waals surface area contributed by atoms with Gasteiger partial charge in [0.1, 0.15) is 5.75 Å². The number of rotatable bonds is 8. The standard InChI is InChI=1S/C20H22O4/c1-4-14-24-17-11-8-15(9-12-17)18(21)13-10-16-6-5-7-19(22-2)20(16)23-3/h5-13H,4,14H2,1-3H3/b13-10+. The fourth-order valence-electron chi connectivity index (χ4n) is 2.24. The molecule has 0 aromatic heterocycles. The lowest BCUT2D eigenvalue weighted by Crippen LogP contribution is -1.97. The topological polar surface area (TPSA) is 44.8 Å². The lowest BCUT2D eigenvalue weighted by Gasteiger charge is -2.09. The summed E-state index contributed by atoms with van der Waals surface area (Å²) < 4.78 is 16.1. The molecule has 0 aliphatic carbocycles. The van der Waals surface area contributed by atoms with Crippen LogP contribution in [0.2, 0.25) is 0 Å². The van der Waals surface area contributed by atoms with Crippen LogP contribution in [-0.2, 0) is 0 Å². The Hall–Kier alpha value is -2.75. The Labute approximate surface area is 142 Å². The van der Waals surface area contributed by atoms with Gasteiger partial charge in [0.05, 0.1) is 20.8 Å². The van der Waals surface area contributed by atoms with E-state index in [1.807, 2.05) is 30.3 Å². The van der Waals surface area contributed by atoms with Gasteiger partial charge in [-0.1, -0.05) is 19.1 Å². The summed E-state index contributed by atoms with van der Waals surface area (Å²) in [5, 5.41) is 0. The molecule has 4 heteroatoms. The van der Waals surface area contributed by atoms with Gasteiger partial charge in [0.2, 0.25) is 0 Å². The second-order valence-electron chi connectivity index (χ2n) is 5.15. The Morgan fingerprint density at radius 3 is 2.42 bits per heavy atom. The maximum absolute atomic E-state index is 12.3. The first kappa shape index (κ1) is 17.6. The fourth-order valence-corrected chi connectivity index (χ4v) is 2.24. The maximum atomic E-state index is 12.3. The summed E-state index contributed by atoms with van der Waals surface area (Å²) in [6.45, 7) is 2.72. The SMILES string of the molecule is CCCOc1ccc(C(=O)/C=C/c2cccc(OC)c2OC)cc1. The molecule has 0 fully saturated rings. The van der Waals surface area contributed by atoms with Gasteiger partial charge >= 0.3 is 0 Å². The fraction of sp³-hybridized carbons (Fsp3) is 0.250. The van der Waals surface area contributed by atoms with Gasteiger partial charge in [-0.3, -0.25) is 4.79 Å². The van der Waals surface area contributed by atoms with Crippen LogP contribution in [0.3, 0.4) is 0 Å². The zero-order valence-corrected chi connectivity index (χ0v) is 14.2. The van der Waals surface area contributed by atoms with Crippen LogP contribution >= 0.6 is 0 Å². The second kappa shape index (κ2) is 8.77. The minimum atomic E-state index is -0.0816. The van der Waals surface area contributed by atoms with E-state index in [4.69, 9.17) is 14.2 Å². The van der Waals surface area contributed by atoms with Gasteiger partial charge in [0.25, 0.3) is 0 Å². The number of para-hydroxylation sites is 1. The molecule has 2 rings (SSSR count). The number of carbonyl (C=O) groups excluding carboxylic acids is 1. The first-order chi connectivity index (χ1) is 11.7. The van der Waals surface area contributed by atoms with E-state index in [1.54, 1.807) is 32.4 Å². The van der Waals surface area contributed by atoms with E-state index in [0.29, 0.717) is 23.7 Å². The third-order valence-electron chi connectivity index (χ3n) is 3.46. The summed E-state index contributed by atoms with van der Waals surface area (Å²) in [6.07, 6.45) is 4.20. The molecular formula is C20H22O4. The van der Waals surface area contributed by atoms with Gasteiger partial charge in [0.15, 0.2) is 17.3 Å². The van der Waals surface area contributed by atoms with Crippen LogP contribution in [0.25, 0.3) is 6.08 Å². The minimum absolute atomic E-state index is 0.0816. The van der Waals surface area contributed by atoms with Crippen LogP contribution in [0.4, 0.5) is 0 Å². The van der Waals surface area contributed by atoms with Gasteiger partial charge in [-0.25, -0.2) is 0 Å². The number of benzene rings is 2. The molecule has 0 heterocycles. The molecule has 0 spiro atoms. The predicted molar refractivity (Wildman–Crippen MR) is 95.1 cm³/mol. The number of allylic oxidation sites excluding steroid dienone is 1. The molecule has 24 heavy (non-hydrogen) atoms. The molecule has 0 radical (unpaired) electrons. The van der Waals surface area contributed by atoms with Gasteiger partial charge in [-0.05, 0) is 48.9 Å². The molecule has 0 aliphatic rings. The second-order valence-corrected chi connectivity index (χ2v) is 5.15. The van der Waals surface area contributed by atoms with Crippen LogP contribution in [0.5, 0.6) is 17.2 Å². The van der Waals surface area contributed by atoms with Crippen molar-refractivity contribution in [2.24, 2.45) is 0 Å². The van der Waals surface area contributed by atoms with Gasteiger partial charge in [-0.2, -0.15) is 0 Å². The molecule has 2 aromatic carbocycles. The molecular weight excluding hydrogens is 304 g/mol. The van der Waals surface area contributed by atoms with Crippen molar-refractivity contribution in [3.05, 3.63) is 59.7 Å². The smallest absolute Gasteiger partial charge is 0.185 e. The highest BCUT2D eigenvalue weighted by atomic mass is 16.5. The van der Waals surface area contributed by atoms with Crippen LogP contribution in [-0.4, -0.2) is 26.6 Å². The number of carbonyl (C=O) groups is 1. The lowest BCUT2D eigenvalue weighted by molar-refractivity contribution is 0.104. The number of ether oxygens (including phenoxy) is 3. The first-order valence-corrected chi connectivity index (χ1v) is 7.85. The number of hydrogen-bond donors (Lipinski definition) is 0.